The van der Waals surface area contributed by atoms with Crippen molar-refractivity contribution >= 4 is 9.84 Å². The summed E-state index contributed by atoms with van der Waals surface area (Å²) in [5, 5.41) is 3.11. The van der Waals surface area contributed by atoms with Gasteiger partial charge in [-0.15, -0.1) is 0 Å². The highest BCUT2D eigenvalue weighted by Crippen LogP contribution is 2.17. The van der Waals surface area contributed by atoms with Crippen molar-refractivity contribution in [1.29, 1.82) is 0 Å². The minimum absolute atomic E-state index is 0.245. The molecule has 0 spiro atoms. The van der Waals surface area contributed by atoms with Gasteiger partial charge in [0.05, 0.1) is 11.0 Å². The molecule has 1 saturated carbocycles. The summed E-state index contributed by atoms with van der Waals surface area (Å²) in [6.07, 6.45) is 6.33. The standard InChI is InChI=1S/C11H23NO2S/c1-10(2)15(13,14)9-8-12-11-6-4-3-5-7-11/h10-12H,3-9H2,1-2H3. The average Bonchev–Trinajstić information content (AvgIpc) is 2.19. The summed E-state index contributed by atoms with van der Waals surface area (Å²) < 4.78 is 23.1. The van der Waals surface area contributed by atoms with Crippen LogP contribution in [0, 0.1) is 0 Å². The first-order valence-corrected chi connectivity index (χ1v) is 7.69. The molecule has 1 fully saturated rings. The van der Waals surface area contributed by atoms with Crippen molar-refractivity contribution in [1.82, 2.24) is 5.32 Å². The molecule has 0 bridgehead atoms. The number of rotatable bonds is 5. The second-order valence-electron chi connectivity index (χ2n) is 4.70. The molecular weight excluding hydrogens is 210 g/mol. The SMILES string of the molecule is CC(C)S(=O)(=O)CCNC1CCCCC1. The largest absolute Gasteiger partial charge is 0.313 e. The molecule has 0 saturated heterocycles. The first-order chi connectivity index (χ1) is 7.02. The molecule has 15 heavy (non-hydrogen) atoms. The molecule has 1 aliphatic rings. The zero-order valence-electron chi connectivity index (χ0n) is 9.83. The minimum Gasteiger partial charge on any atom is -0.313 e. The van der Waals surface area contributed by atoms with E-state index < -0.39 is 9.84 Å². The highest BCUT2D eigenvalue weighted by molar-refractivity contribution is 7.92. The Hall–Kier alpha value is -0.0900. The van der Waals surface area contributed by atoms with Crippen LogP contribution in [0.2, 0.25) is 0 Å². The molecule has 3 nitrogen and oxygen atoms in total. The van der Waals surface area contributed by atoms with Crippen LogP contribution in [-0.4, -0.2) is 32.0 Å². The quantitative estimate of drug-likeness (QED) is 0.786. The molecule has 0 heterocycles. The van der Waals surface area contributed by atoms with E-state index in [2.05, 4.69) is 5.32 Å². The van der Waals surface area contributed by atoms with Gasteiger partial charge in [-0.25, -0.2) is 8.42 Å². The van der Waals surface area contributed by atoms with Crippen molar-refractivity contribution in [3.63, 3.8) is 0 Å². The molecular formula is C11H23NO2S. The van der Waals surface area contributed by atoms with Crippen molar-refractivity contribution < 1.29 is 8.42 Å². The summed E-state index contributed by atoms with van der Waals surface area (Å²) in [4.78, 5) is 0. The Bertz CT molecular complexity index is 266. The van der Waals surface area contributed by atoms with E-state index in [-0.39, 0.29) is 11.0 Å². The zero-order valence-corrected chi connectivity index (χ0v) is 10.6. The lowest BCUT2D eigenvalue weighted by Crippen LogP contribution is -2.35. The highest BCUT2D eigenvalue weighted by Gasteiger charge is 2.17. The Morgan fingerprint density at radius 3 is 2.33 bits per heavy atom. The van der Waals surface area contributed by atoms with Crippen LogP contribution < -0.4 is 5.32 Å². The summed E-state index contributed by atoms with van der Waals surface area (Å²) in [7, 11) is -2.86. The van der Waals surface area contributed by atoms with E-state index in [0.29, 0.717) is 12.6 Å². The molecule has 0 aromatic carbocycles. The predicted octanol–water partition coefficient (Wildman–Crippen LogP) is 1.73. The van der Waals surface area contributed by atoms with Gasteiger partial charge in [0.2, 0.25) is 0 Å². The van der Waals surface area contributed by atoms with Crippen LogP contribution in [0.5, 0.6) is 0 Å². The smallest absolute Gasteiger partial charge is 0.153 e. The lowest BCUT2D eigenvalue weighted by Gasteiger charge is -2.22. The van der Waals surface area contributed by atoms with Gasteiger partial charge in [-0.05, 0) is 26.7 Å². The zero-order chi connectivity index (χ0) is 11.3. The third kappa shape index (κ3) is 4.51. The fourth-order valence-corrected chi connectivity index (χ4v) is 2.82. The molecule has 0 radical (unpaired) electrons. The van der Waals surface area contributed by atoms with Crippen molar-refractivity contribution in [2.75, 3.05) is 12.3 Å². The molecule has 90 valence electrons. The summed E-state index contributed by atoms with van der Waals surface area (Å²) in [6, 6.07) is 0.557. The first-order valence-electron chi connectivity index (χ1n) is 5.97. The maximum absolute atomic E-state index is 11.5. The molecule has 0 atom stereocenters. The van der Waals surface area contributed by atoms with Crippen LogP contribution in [0.1, 0.15) is 46.0 Å². The highest BCUT2D eigenvalue weighted by atomic mass is 32.2. The van der Waals surface area contributed by atoms with Crippen LogP contribution in [0.15, 0.2) is 0 Å². The second kappa shape index (κ2) is 5.85. The van der Waals surface area contributed by atoms with E-state index in [9.17, 15) is 8.42 Å². The monoisotopic (exact) mass is 233 g/mol. The normalized spacial score (nSPS) is 19.7. The van der Waals surface area contributed by atoms with Gasteiger partial charge in [-0.3, -0.25) is 0 Å². The molecule has 0 aromatic heterocycles. The van der Waals surface area contributed by atoms with E-state index in [1.165, 1.54) is 32.1 Å². The van der Waals surface area contributed by atoms with Crippen molar-refractivity contribution in [2.24, 2.45) is 0 Å². The third-order valence-corrected chi connectivity index (χ3v) is 5.35. The van der Waals surface area contributed by atoms with Crippen LogP contribution >= 0.6 is 0 Å². The Morgan fingerprint density at radius 1 is 1.20 bits per heavy atom. The van der Waals surface area contributed by atoms with Crippen LogP contribution in [0.25, 0.3) is 0 Å². The van der Waals surface area contributed by atoms with Crippen LogP contribution in [-0.2, 0) is 9.84 Å². The van der Waals surface area contributed by atoms with Gasteiger partial charge in [-0.1, -0.05) is 19.3 Å². The van der Waals surface area contributed by atoms with Crippen LogP contribution in [0.3, 0.4) is 0 Å². The van der Waals surface area contributed by atoms with Crippen molar-refractivity contribution in [3.8, 4) is 0 Å². The molecule has 0 aliphatic heterocycles. The Kier molecular flexibility index (Phi) is 5.06. The van der Waals surface area contributed by atoms with Gasteiger partial charge in [0, 0.05) is 12.6 Å². The third-order valence-electron chi connectivity index (χ3n) is 3.14. The van der Waals surface area contributed by atoms with Gasteiger partial charge in [0.15, 0.2) is 9.84 Å². The lowest BCUT2D eigenvalue weighted by atomic mass is 9.96. The van der Waals surface area contributed by atoms with E-state index >= 15 is 0 Å². The number of nitrogens with one attached hydrogen (secondary N) is 1. The predicted molar refractivity (Wildman–Crippen MR) is 63.8 cm³/mol. The van der Waals surface area contributed by atoms with E-state index in [0.717, 1.165) is 0 Å². The Morgan fingerprint density at radius 2 is 1.80 bits per heavy atom. The first kappa shape index (κ1) is 13.0. The van der Waals surface area contributed by atoms with Gasteiger partial charge in [-0.2, -0.15) is 0 Å². The van der Waals surface area contributed by atoms with Gasteiger partial charge in [0.25, 0.3) is 0 Å². The summed E-state index contributed by atoms with van der Waals surface area (Å²) in [5.41, 5.74) is 0. The maximum atomic E-state index is 11.5. The molecule has 1 N–H and O–H groups in total. The van der Waals surface area contributed by atoms with E-state index in [1.54, 1.807) is 13.8 Å². The molecule has 0 unspecified atom stereocenters. The summed E-state index contributed by atoms with van der Waals surface area (Å²) in [5.74, 6) is 0.279. The molecule has 0 aromatic rings. The van der Waals surface area contributed by atoms with Gasteiger partial charge in [0.1, 0.15) is 0 Å². The number of hydrogen-bond donors (Lipinski definition) is 1. The summed E-state index contributed by atoms with van der Waals surface area (Å²) in [6.45, 7) is 4.11. The fraction of sp³-hybridized carbons (Fsp3) is 1.00. The van der Waals surface area contributed by atoms with Gasteiger partial charge < -0.3 is 5.32 Å². The Balaban J connectivity index is 2.20. The fourth-order valence-electron chi connectivity index (χ4n) is 1.95. The van der Waals surface area contributed by atoms with Gasteiger partial charge >= 0.3 is 0 Å². The van der Waals surface area contributed by atoms with Crippen molar-refractivity contribution in [3.05, 3.63) is 0 Å². The minimum atomic E-state index is -2.86. The topological polar surface area (TPSA) is 46.2 Å². The Labute approximate surface area is 93.6 Å². The van der Waals surface area contributed by atoms with Crippen LogP contribution in [0.4, 0.5) is 0 Å². The van der Waals surface area contributed by atoms with E-state index in [1.807, 2.05) is 0 Å². The molecule has 1 rings (SSSR count). The lowest BCUT2D eigenvalue weighted by molar-refractivity contribution is 0.380. The second-order valence-corrected chi connectivity index (χ2v) is 7.38. The molecule has 1 aliphatic carbocycles. The molecule has 4 heteroatoms. The summed E-state index contributed by atoms with van der Waals surface area (Å²) >= 11 is 0. The maximum Gasteiger partial charge on any atom is 0.153 e. The average molecular weight is 233 g/mol. The van der Waals surface area contributed by atoms with E-state index in [4.69, 9.17) is 0 Å². The number of sulfone groups is 1. The molecule has 0 amide bonds. The van der Waals surface area contributed by atoms with Crippen molar-refractivity contribution in [2.45, 2.75) is 57.2 Å². The number of hydrogen-bond acceptors (Lipinski definition) is 3.